The molecule has 6 aliphatic rings. The number of piperidine rings is 1. The molecule has 0 radical (unpaired) electrons. The molecule has 2 amide bonds. The van der Waals surface area contributed by atoms with Crippen LogP contribution in [0.2, 0.25) is 0 Å². The van der Waals surface area contributed by atoms with Gasteiger partial charge in [-0.1, -0.05) is 24.3 Å². The number of fused-ring (bicyclic) bond motifs is 2. The van der Waals surface area contributed by atoms with E-state index in [2.05, 4.69) is 34.5 Å². The molecule has 1 aromatic rings. The van der Waals surface area contributed by atoms with Crippen LogP contribution in [0.15, 0.2) is 24.3 Å². The summed E-state index contributed by atoms with van der Waals surface area (Å²) in [5, 5.41) is 3.42. The van der Waals surface area contributed by atoms with Crippen molar-refractivity contribution in [2.75, 3.05) is 32.7 Å². The summed E-state index contributed by atoms with van der Waals surface area (Å²) in [6.07, 6.45) is 13.6. The average molecular weight is 434 g/mol. The third kappa shape index (κ3) is 2.94. The molecule has 2 heterocycles. The second-order valence-corrected chi connectivity index (χ2v) is 12.2. The largest absolute Gasteiger partial charge is 0.331 e. The number of nitrogens with one attached hydrogen (secondary N) is 1. The molecule has 5 atom stereocenters. The minimum Gasteiger partial charge on any atom is -0.331 e. The number of urea groups is 1. The van der Waals surface area contributed by atoms with Crippen LogP contribution in [-0.4, -0.2) is 48.6 Å². The standard InChI is InChI=1S/C28H39N3O/c32-26(31-12-3-4-13-31)29-25-19-27(24-6-2-1-5-22(24)25)10-15-30(16-11-27)14-9-20-17-28-18-21(28)7-8-23(20)28/h1-2,5-6,20-21,23,25H,3-4,7-19H2,(H,29,32)/t20?,21-,23+,25+,28?/m1/s1. The molecule has 32 heavy (non-hydrogen) atoms. The lowest BCUT2D eigenvalue weighted by atomic mass is 9.61. The van der Waals surface area contributed by atoms with E-state index in [0.29, 0.717) is 0 Å². The lowest BCUT2D eigenvalue weighted by Gasteiger charge is -2.46. The molecule has 4 heteroatoms. The van der Waals surface area contributed by atoms with Gasteiger partial charge in [-0.05, 0) is 118 Å². The lowest BCUT2D eigenvalue weighted by molar-refractivity contribution is 0.0390. The summed E-state index contributed by atoms with van der Waals surface area (Å²) in [4.78, 5) is 17.6. The molecule has 2 unspecified atom stereocenters. The SMILES string of the molecule is O=C(N[C@H]1CC2(CCN(CCC3CC45C[C@H]4CC[C@@H]35)CC2)c2ccccc21)N1CCCC1. The van der Waals surface area contributed by atoms with E-state index in [1.54, 1.807) is 25.7 Å². The molecule has 1 aromatic carbocycles. The zero-order valence-electron chi connectivity index (χ0n) is 19.5. The van der Waals surface area contributed by atoms with Crippen molar-refractivity contribution in [1.82, 2.24) is 15.1 Å². The van der Waals surface area contributed by atoms with Crippen LogP contribution in [0.1, 0.15) is 81.4 Å². The summed E-state index contributed by atoms with van der Waals surface area (Å²) in [5.41, 5.74) is 4.05. The van der Waals surface area contributed by atoms with Crippen LogP contribution in [0.5, 0.6) is 0 Å². The highest BCUT2D eigenvalue weighted by Crippen LogP contribution is 2.78. The molecule has 7 rings (SSSR count). The number of carbonyl (C=O) groups is 1. The molecular weight excluding hydrogens is 394 g/mol. The number of nitrogens with zero attached hydrogens (tertiary/aromatic N) is 2. The Kier molecular flexibility index (Phi) is 4.49. The number of carbonyl (C=O) groups excluding carboxylic acids is 1. The third-order valence-corrected chi connectivity index (χ3v) is 10.9. The van der Waals surface area contributed by atoms with E-state index in [1.807, 2.05) is 4.90 Å². The Balaban J connectivity index is 0.979. The van der Waals surface area contributed by atoms with Crippen LogP contribution >= 0.6 is 0 Å². The normalized spacial score (nSPS) is 38.8. The van der Waals surface area contributed by atoms with Crippen LogP contribution in [0.4, 0.5) is 4.79 Å². The highest BCUT2D eigenvalue weighted by molar-refractivity contribution is 5.75. The molecule has 0 aromatic heterocycles. The Morgan fingerprint density at radius 1 is 1.00 bits per heavy atom. The molecule has 4 nitrogen and oxygen atoms in total. The predicted octanol–water partition coefficient (Wildman–Crippen LogP) is 5.10. The van der Waals surface area contributed by atoms with E-state index >= 15 is 0 Å². The lowest BCUT2D eigenvalue weighted by Crippen LogP contribution is -2.45. The number of hydrogen-bond acceptors (Lipinski definition) is 2. The molecule has 0 bridgehead atoms. The van der Waals surface area contributed by atoms with Crippen molar-refractivity contribution in [3.05, 3.63) is 35.4 Å². The Bertz CT molecular complexity index is 898. The number of benzene rings is 1. The second kappa shape index (κ2) is 7.22. The highest BCUT2D eigenvalue weighted by atomic mass is 16.2. The Morgan fingerprint density at radius 2 is 1.81 bits per heavy atom. The fourth-order valence-electron chi connectivity index (χ4n) is 9.00. The van der Waals surface area contributed by atoms with Crippen LogP contribution in [0.3, 0.4) is 0 Å². The third-order valence-electron chi connectivity index (χ3n) is 10.9. The van der Waals surface area contributed by atoms with Gasteiger partial charge in [-0.2, -0.15) is 0 Å². The highest BCUT2D eigenvalue weighted by Gasteiger charge is 2.70. The fourth-order valence-corrected chi connectivity index (χ4v) is 9.00. The van der Waals surface area contributed by atoms with E-state index in [0.717, 1.165) is 55.5 Å². The molecule has 3 saturated carbocycles. The van der Waals surface area contributed by atoms with E-state index < -0.39 is 0 Å². The van der Waals surface area contributed by atoms with Gasteiger partial charge < -0.3 is 15.1 Å². The molecule has 4 aliphatic carbocycles. The Labute approximate surface area is 193 Å². The zero-order valence-corrected chi connectivity index (χ0v) is 19.5. The maximum absolute atomic E-state index is 12.8. The maximum Gasteiger partial charge on any atom is 0.317 e. The van der Waals surface area contributed by atoms with Crippen molar-refractivity contribution < 1.29 is 4.79 Å². The van der Waals surface area contributed by atoms with Gasteiger partial charge in [0, 0.05) is 18.5 Å². The second-order valence-electron chi connectivity index (χ2n) is 12.2. The smallest absolute Gasteiger partial charge is 0.317 e. The van der Waals surface area contributed by atoms with E-state index in [1.165, 1.54) is 50.0 Å². The molecule has 2 saturated heterocycles. The quantitative estimate of drug-likeness (QED) is 0.717. The topological polar surface area (TPSA) is 35.6 Å². The number of likely N-dealkylation sites (tertiary alicyclic amines) is 2. The van der Waals surface area contributed by atoms with Gasteiger partial charge in [0.1, 0.15) is 0 Å². The fraction of sp³-hybridized carbons (Fsp3) is 0.750. The number of hydrogen-bond donors (Lipinski definition) is 1. The van der Waals surface area contributed by atoms with E-state index in [9.17, 15) is 4.79 Å². The van der Waals surface area contributed by atoms with Gasteiger partial charge in [-0.15, -0.1) is 0 Å². The van der Waals surface area contributed by atoms with Crippen molar-refractivity contribution >= 4 is 6.03 Å². The first kappa shape index (κ1) is 19.9. The summed E-state index contributed by atoms with van der Waals surface area (Å²) < 4.78 is 0. The summed E-state index contributed by atoms with van der Waals surface area (Å²) in [6.45, 7) is 5.61. The summed E-state index contributed by atoms with van der Waals surface area (Å²) in [5.74, 6) is 3.28. The van der Waals surface area contributed by atoms with Crippen LogP contribution < -0.4 is 5.32 Å². The summed E-state index contributed by atoms with van der Waals surface area (Å²) >= 11 is 0. The van der Waals surface area contributed by atoms with Gasteiger partial charge in [-0.25, -0.2) is 4.79 Å². The van der Waals surface area contributed by atoms with E-state index in [4.69, 9.17) is 0 Å². The monoisotopic (exact) mass is 433 g/mol. The molecule has 2 spiro atoms. The Hall–Kier alpha value is -1.55. The molecule has 1 N–H and O–H groups in total. The molecule has 2 aliphatic heterocycles. The van der Waals surface area contributed by atoms with Crippen LogP contribution in [0.25, 0.3) is 0 Å². The van der Waals surface area contributed by atoms with Crippen molar-refractivity contribution in [3.63, 3.8) is 0 Å². The maximum atomic E-state index is 12.8. The minimum atomic E-state index is 0.153. The van der Waals surface area contributed by atoms with Gasteiger partial charge in [-0.3, -0.25) is 0 Å². The van der Waals surface area contributed by atoms with Crippen LogP contribution in [0, 0.1) is 23.2 Å². The number of rotatable bonds is 4. The van der Waals surface area contributed by atoms with Crippen molar-refractivity contribution in [2.45, 2.75) is 75.7 Å². The van der Waals surface area contributed by atoms with Crippen molar-refractivity contribution in [2.24, 2.45) is 23.2 Å². The van der Waals surface area contributed by atoms with Gasteiger partial charge >= 0.3 is 6.03 Å². The minimum absolute atomic E-state index is 0.153. The van der Waals surface area contributed by atoms with Gasteiger partial charge in [0.15, 0.2) is 0 Å². The first-order valence-electron chi connectivity index (χ1n) is 13.5. The molecule has 172 valence electrons. The molecular formula is C28H39N3O. The van der Waals surface area contributed by atoms with E-state index in [-0.39, 0.29) is 17.5 Å². The first-order valence-corrected chi connectivity index (χ1v) is 13.5. The van der Waals surface area contributed by atoms with Crippen molar-refractivity contribution in [1.29, 1.82) is 0 Å². The number of amides is 2. The van der Waals surface area contributed by atoms with Crippen LogP contribution in [-0.2, 0) is 5.41 Å². The van der Waals surface area contributed by atoms with Gasteiger partial charge in [0.2, 0.25) is 0 Å². The molecule has 5 fully saturated rings. The zero-order chi connectivity index (χ0) is 21.3. The van der Waals surface area contributed by atoms with Crippen molar-refractivity contribution in [3.8, 4) is 0 Å². The Morgan fingerprint density at radius 3 is 2.59 bits per heavy atom. The van der Waals surface area contributed by atoms with Gasteiger partial charge in [0.05, 0.1) is 6.04 Å². The first-order chi connectivity index (χ1) is 15.7. The average Bonchev–Trinajstić information content (AvgIpc) is 3.11. The summed E-state index contributed by atoms with van der Waals surface area (Å²) in [7, 11) is 0. The predicted molar refractivity (Wildman–Crippen MR) is 126 cm³/mol. The summed E-state index contributed by atoms with van der Waals surface area (Å²) in [6, 6.07) is 9.32. The van der Waals surface area contributed by atoms with Gasteiger partial charge in [0.25, 0.3) is 0 Å².